The largest absolute Gasteiger partial charge is 0.398 e. The number of carbonyl (C=O) groups excluding carboxylic acids is 1. The van der Waals surface area contributed by atoms with Crippen LogP contribution in [0, 0.1) is 6.92 Å². The number of hydrogen-bond acceptors (Lipinski definition) is 4. The van der Waals surface area contributed by atoms with Crippen LogP contribution in [0.3, 0.4) is 0 Å². The SMILES string of the molecule is Cc1ccc(N)c(C(=O)NCC2CCCS2(=O)=O)c1. The van der Waals surface area contributed by atoms with E-state index in [4.69, 9.17) is 5.73 Å². The van der Waals surface area contributed by atoms with Crippen LogP contribution in [-0.2, 0) is 9.84 Å². The maximum atomic E-state index is 12.0. The van der Waals surface area contributed by atoms with E-state index in [0.717, 1.165) is 5.56 Å². The second-order valence-electron chi connectivity index (χ2n) is 4.93. The van der Waals surface area contributed by atoms with Crippen molar-refractivity contribution in [2.75, 3.05) is 18.0 Å². The summed E-state index contributed by atoms with van der Waals surface area (Å²) in [5.74, 6) is -0.0940. The summed E-state index contributed by atoms with van der Waals surface area (Å²) in [6.07, 6.45) is 1.29. The molecule has 0 aliphatic carbocycles. The van der Waals surface area contributed by atoms with Gasteiger partial charge in [0.2, 0.25) is 0 Å². The van der Waals surface area contributed by atoms with Gasteiger partial charge >= 0.3 is 0 Å². The highest BCUT2D eigenvalue weighted by Gasteiger charge is 2.31. The van der Waals surface area contributed by atoms with Gasteiger partial charge in [-0.25, -0.2) is 8.42 Å². The van der Waals surface area contributed by atoms with E-state index in [1.807, 2.05) is 13.0 Å². The molecule has 3 N–H and O–H groups in total. The Morgan fingerprint density at radius 3 is 2.84 bits per heavy atom. The Labute approximate surface area is 113 Å². The number of nitrogens with two attached hydrogens (primary N) is 1. The Hall–Kier alpha value is -1.56. The Balaban J connectivity index is 2.04. The van der Waals surface area contributed by atoms with E-state index in [0.29, 0.717) is 24.1 Å². The molecule has 0 bridgehead atoms. The van der Waals surface area contributed by atoms with Crippen LogP contribution in [0.25, 0.3) is 0 Å². The molecule has 1 fully saturated rings. The van der Waals surface area contributed by atoms with Crippen LogP contribution in [0.5, 0.6) is 0 Å². The number of carbonyl (C=O) groups is 1. The summed E-state index contributed by atoms with van der Waals surface area (Å²) < 4.78 is 23.3. The minimum atomic E-state index is -3.03. The molecule has 0 saturated carbocycles. The third kappa shape index (κ3) is 3.07. The molecule has 1 saturated heterocycles. The zero-order chi connectivity index (χ0) is 14.0. The number of amides is 1. The lowest BCUT2D eigenvalue weighted by molar-refractivity contribution is 0.0954. The Morgan fingerprint density at radius 1 is 1.47 bits per heavy atom. The van der Waals surface area contributed by atoms with E-state index < -0.39 is 15.1 Å². The fraction of sp³-hybridized carbons (Fsp3) is 0.462. The van der Waals surface area contributed by atoms with Crippen molar-refractivity contribution in [1.29, 1.82) is 0 Å². The van der Waals surface area contributed by atoms with Gasteiger partial charge < -0.3 is 11.1 Å². The Morgan fingerprint density at radius 2 is 2.21 bits per heavy atom. The monoisotopic (exact) mass is 282 g/mol. The van der Waals surface area contributed by atoms with E-state index >= 15 is 0 Å². The van der Waals surface area contributed by atoms with Gasteiger partial charge in [0.15, 0.2) is 9.84 Å². The molecular weight excluding hydrogens is 264 g/mol. The zero-order valence-corrected chi connectivity index (χ0v) is 11.7. The van der Waals surface area contributed by atoms with Crippen molar-refractivity contribution in [2.24, 2.45) is 0 Å². The van der Waals surface area contributed by atoms with Gasteiger partial charge in [0.1, 0.15) is 0 Å². The molecule has 5 nitrogen and oxygen atoms in total. The summed E-state index contributed by atoms with van der Waals surface area (Å²) in [5.41, 5.74) is 7.48. The lowest BCUT2D eigenvalue weighted by Crippen LogP contribution is -2.34. The number of nitrogens with one attached hydrogen (secondary N) is 1. The number of aryl methyl sites for hydroxylation is 1. The molecule has 19 heavy (non-hydrogen) atoms. The fourth-order valence-corrected chi connectivity index (χ4v) is 4.02. The van der Waals surface area contributed by atoms with Crippen LogP contribution in [0.2, 0.25) is 0 Å². The van der Waals surface area contributed by atoms with Crippen LogP contribution in [0.4, 0.5) is 5.69 Å². The summed E-state index contributed by atoms with van der Waals surface area (Å²) >= 11 is 0. The molecule has 1 aliphatic heterocycles. The smallest absolute Gasteiger partial charge is 0.253 e. The maximum Gasteiger partial charge on any atom is 0.253 e. The second-order valence-corrected chi connectivity index (χ2v) is 7.33. The van der Waals surface area contributed by atoms with Gasteiger partial charge in [0.05, 0.1) is 16.6 Å². The Kier molecular flexibility index (Phi) is 3.80. The van der Waals surface area contributed by atoms with Crippen molar-refractivity contribution in [1.82, 2.24) is 5.32 Å². The fourth-order valence-electron chi connectivity index (χ4n) is 2.26. The first-order chi connectivity index (χ1) is 8.90. The highest BCUT2D eigenvalue weighted by Crippen LogP contribution is 2.19. The molecule has 1 amide bonds. The molecule has 2 rings (SSSR count). The van der Waals surface area contributed by atoms with E-state index in [-0.39, 0.29) is 18.2 Å². The molecule has 0 aromatic heterocycles. The van der Waals surface area contributed by atoms with Crippen molar-refractivity contribution in [3.63, 3.8) is 0 Å². The minimum absolute atomic E-state index is 0.161. The van der Waals surface area contributed by atoms with E-state index in [1.54, 1.807) is 12.1 Å². The summed E-state index contributed by atoms with van der Waals surface area (Å²) in [5, 5.41) is 2.21. The number of anilines is 1. The van der Waals surface area contributed by atoms with Crippen molar-refractivity contribution in [2.45, 2.75) is 25.0 Å². The molecule has 6 heteroatoms. The predicted molar refractivity (Wildman–Crippen MR) is 74.7 cm³/mol. The third-order valence-electron chi connectivity index (χ3n) is 3.41. The molecule has 1 aliphatic rings. The van der Waals surface area contributed by atoms with Gasteiger partial charge in [0, 0.05) is 12.2 Å². The molecule has 1 aromatic carbocycles. The van der Waals surface area contributed by atoms with Crippen LogP contribution in [-0.4, -0.2) is 31.9 Å². The summed E-state index contributed by atoms with van der Waals surface area (Å²) in [6, 6.07) is 5.21. The highest BCUT2D eigenvalue weighted by molar-refractivity contribution is 7.92. The van der Waals surface area contributed by atoms with Crippen LogP contribution < -0.4 is 11.1 Å². The Bertz CT molecular complexity index is 596. The normalized spacial score (nSPS) is 21.2. The lowest BCUT2D eigenvalue weighted by atomic mass is 10.1. The van der Waals surface area contributed by atoms with Crippen LogP contribution in [0.15, 0.2) is 18.2 Å². The van der Waals surface area contributed by atoms with Gasteiger partial charge in [-0.2, -0.15) is 0 Å². The molecule has 1 atom stereocenters. The number of nitrogen functional groups attached to an aromatic ring is 1. The maximum absolute atomic E-state index is 12.0. The van der Waals surface area contributed by atoms with E-state index in [2.05, 4.69) is 5.32 Å². The second kappa shape index (κ2) is 5.21. The quantitative estimate of drug-likeness (QED) is 0.806. The van der Waals surface area contributed by atoms with Gasteiger partial charge in [0.25, 0.3) is 5.91 Å². The standard InChI is InChI=1S/C13H18N2O3S/c1-9-4-5-12(14)11(7-9)13(16)15-8-10-3-2-6-19(10,17)18/h4-5,7,10H,2-3,6,8,14H2,1H3,(H,15,16). The first-order valence-electron chi connectivity index (χ1n) is 6.26. The lowest BCUT2D eigenvalue weighted by Gasteiger charge is -2.12. The van der Waals surface area contributed by atoms with Crippen molar-refractivity contribution < 1.29 is 13.2 Å². The number of sulfone groups is 1. The van der Waals surface area contributed by atoms with E-state index in [9.17, 15) is 13.2 Å². The third-order valence-corrected chi connectivity index (χ3v) is 5.68. The first-order valence-corrected chi connectivity index (χ1v) is 7.97. The molecule has 1 unspecified atom stereocenters. The average Bonchev–Trinajstić information content (AvgIpc) is 2.68. The highest BCUT2D eigenvalue weighted by atomic mass is 32.2. The zero-order valence-electron chi connectivity index (χ0n) is 10.8. The molecule has 104 valence electrons. The minimum Gasteiger partial charge on any atom is -0.398 e. The summed E-state index contributed by atoms with van der Waals surface area (Å²) in [4.78, 5) is 12.0. The summed E-state index contributed by atoms with van der Waals surface area (Å²) in [7, 11) is -3.03. The molecule has 1 aromatic rings. The van der Waals surface area contributed by atoms with Gasteiger partial charge in [-0.15, -0.1) is 0 Å². The van der Waals surface area contributed by atoms with Crippen molar-refractivity contribution >= 4 is 21.4 Å². The van der Waals surface area contributed by atoms with Crippen molar-refractivity contribution in [3.05, 3.63) is 29.3 Å². The van der Waals surface area contributed by atoms with Gasteiger partial charge in [-0.3, -0.25) is 4.79 Å². The molecule has 1 heterocycles. The number of hydrogen-bond donors (Lipinski definition) is 2. The van der Waals surface area contributed by atoms with Crippen LogP contribution >= 0.6 is 0 Å². The predicted octanol–water partition coefficient (Wildman–Crippen LogP) is 0.884. The topological polar surface area (TPSA) is 89.3 Å². The number of rotatable bonds is 3. The number of benzene rings is 1. The van der Waals surface area contributed by atoms with Gasteiger partial charge in [-0.1, -0.05) is 11.6 Å². The first kappa shape index (κ1) is 13.9. The summed E-state index contributed by atoms with van der Waals surface area (Å²) in [6.45, 7) is 2.03. The van der Waals surface area contributed by atoms with E-state index in [1.165, 1.54) is 0 Å². The van der Waals surface area contributed by atoms with Crippen LogP contribution in [0.1, 0.15) is 28.8 Å². The average molecular weight is 282 g/mol. The van der Waals surface area contributed by atoms with Gasteiger partial charge in [-0.05, 0) is 31.9 Å². The molecule has 0 radical (unpaired) electrons. The molecular formula is C13H18N2O3S. The van der Waals surface area contributed by atoms with Crippen molar-refractivity contribution in [3.8, 4) is 0 Å². The molecule has 0 spiro atoms.